The quantitative estimate of drug-likeness (QED) is 0.910. The molecule has 136 valence electrons. The largest absolute Gasteiger partial charge is 0.417 e. The number of imidazole rings is 1. The summed E-state index contributed by atoms with van der Waals surface area (Å²) in [5.41, 5.74) is -0.195. The van der Waals surface area contributed by atoms with Crippen LogP contribution in [0.2, 0.25) is 0 Å². The van der Waals surface area contributed by atoms with Gasteiger partial charge in [-0.1, -0.05) is 0 Å². The fourth-order valence-corrected chi connectivity index (χ4v) is 3.13. The predicted octanol–water partition coefficient (Wildman–Crippen LogP) is 3.27. The van der Waals surface area contributed by atoms with Crippen LogP contribution in [0.4, 0.5) is 18.9 Å². The normalized spacial score (nSPS) is 20.4. The first kappa shape index (κ1) is 18.0. The molecule has 5 nitrogen and oxygen atoms in total. The van der Waals surface area contributed by atoms with E-state index in [1.54, 1.807) is 36.7 Å². The van der Waals surface area contributed by atoms with E-state index in [-0.39, 0.29) is 5.69 Å². The number of likely N-dealkylation sites (N-methyl/N-ethyl adjacent to an activating group) is 1. The van der Waals surface area contributed by atoms with Gasteiger partial charge in [-0.2, -0.15) is 18.4 Å². The van der Waals surface area contributed by atoms with Crippen LogP contribution in [0.1, 0.15) is 24.0 Å². The maximum atomic E-state index is 13.2. The third-order valence-electron chi connectivity index (χ3n) is 4.57. The third kappa shape index (κ3) is 3.44. The summed E-state index contributed by atoms with van der Waals surface area (Å²) in [5, 5.41) is 19.3. The van der Waals surface area contributed by atoms with Crippen molar-refractivity contribution in [2.24, 2.45) is 0 Å². The molecule has 26 heavy (non-hydrogen) atoms. The molecule has 1 aliphatic rings. The van der Waals surface area contributed by atoms with Gasteiger partial charge in [0.25, 0.3) is 0 Å². The lowest BCUT2D eigenvalue weighted by molar-refractivity contribution is -0.137. The molecule has 0 amide bonds. The van der Waals surface area contributed by atoms with Gasteiger partial charge in [-0.15, -0.1) is 0 Å². The van der Waals surface area contributed by atoms with Crippen molar-refractivity contribution >= 4 is 11.4 Å². The number of aliphatic hydroxyl groups is 1. The van der Waals surface area contributed by atoms with Crippen LogP contribution in [-0.4, -0.2) is 33.9 Å². The maximum Gasteiger partial charge on any atom is 0.417 e. The van der Waals surface area contributed by atoms with Crippen LogP contribution in [0.5, 0.6) is 0 Å². The van der Waals surface area contributed by atoms with Gasteiger partial charge in [-0.25, -0.2) is 4.98 Å². The number of aliphatic hydroxyl groups excluding tert-OH is 1. The van der Waals surface area contributed by atoms with Gasteiger partial charge >= 0.3 is 6.18 Å². The minimum Gasteiger partial charge on any atom is -0.391 e. The molecular formula is C18H17F3N4O. The van der Waals surface area contributed by atoms with Gasteiger partial charge in [0.15, 0.2) is 0 Å². The minimum absolute atomic E-state index is 0.281. The fourth-order valence-electron chi connectivity index (χ4n) is 3.13. The van der Waals surface area contributed by atoms with Gasteiger partial charge in [0, 0.05) is 30.8 Å². The molecule has 1 N–H and O–H groups in total. The van der Waals surface area contributed by atoms with Gasteiger partial charge in [-0.3, -0.25) is 0 Å². The first-order valence-electron chi connectivity index (χ1n) is 8.02. The second kappa shape index (κ2) is 6.84. The summed E-state index contributed by atoms with van der Waals surface area (Å²) in [4.78, 5) is 5.59. The summed E-state index contributed by atoms with van der Waals surface area (Å²) in [6.45, 7) is 0. The molecule has 2 atom stereocenters. The van der Waals surface area contributed by atoms with Crippen LogP contribution in [0.25, 0.3) is 5.70 Å². The highest BCUT2D eigenvalue weighted by molar-refractivity contribution is 5.58. The summed E-state index contributed by atoms with van der Waals surface area (Å²) in [6.07, 6.45) is 2.70. The molecule has 0 fully saturated rings. The first-order chi connectivity index (χ1) is 12.3. The Labute approximate surface area is 148 Å². The molecule has 1 aromatic heterocycles. The van der Waals surface area contributed by atoms with Crippen LogP contribution in [-0.2, 0) is 6.18 Å². The van der Waals surface area contributed by atoms with Crippen molar-refractivity contribution in [2.75, 3.05) is 11.9 Å². The van der Waals surface area contributed by atoms with Crippen LogP contribution in [0, 0.1) is 11.3 Å². The zero-order valence-corrected chi connectivity index (χ0v) is 14.0. The number of hydrogen-bond acceptors (Lipinski definition) is 4. The van der Waals surface area contributed by atoms with E-state index in [4.69, 9.17) is 5.26 Å². The molecule has 1 aliphatic carbocycles. The molecule has 1 heterocycles. The molecule has 0 saturated carbocycles. The standard InChI is InChI=1S/C18H17F3N4O/c1-24(13-3-2-12(10-22)15(8-13)18(19,20)21)16-9-14(4-5-17(16)26)25-7-6-23-11-25/h2-3,6-9,11,16-17,26H,4-5H2,1H3. The lowest BCUT2D eigenvalue weighted by Gasteiger charge is -2.35. The third-order valence-corrected chi connectivity index (χ3v) is 4.57. The Balaban J connectivity index is 1.96. The Morgan fingerprint density at radius 2 is 2.15 bits per heavy atom. The van der Waals surface area contributed by atoms with E-state index < -0.39 is 29.4 Å². The van der Waals surface area contributed by atoms with Crippen molar-refractivity contribution < 1.29 is 18.3 Å². The molecule has 0 spiro atoms. The number of rotatable bonds is 3. The summed E-state index contributed by atoms with van der Waals surface area (Å²) in [6, 6.07) is 4.65. The smallest absolute Gasteiger partial charge is 0.391 e. The van der Waals surface area contributed by atoms with E-state index in [0.29, 0.717) is 12.8 Å². The Hall–Kier alpha value is -2.79. The molecule has 1 aromatic carbocycles. The van der Waals surface area contributed by atoms with Crippen LogP contribution in [0.3, 0.4) is 0 Å². The van der Waals surface area contributed by atoms with Gasteiger partial charge in [0.2, 0.25) is 0 Å². The summed E-state index contributed by atoms with van der Waals surface area (Å²) in [7, 11) is 1.63. The Morgan fingerprint density at radius 1 is 1.38 bits per heavy atom. The molecule has 0 bridgehead atoms. The van der Waals surface area contributed by atoms with Gasteiger partial charge in [-0.05, 0) is 37.1 Å². The number of hydrogen-bond donors (Lipinski definition) is 1. The minimum atomic E-state index is -4.62. The monoisotopic (exact) mass is 362 g/mol. The fraction of sp³-hybridized carbons (Fsp3) is 0.333. The summed E-state index contributed by atoms with van der Waals surface area (Å²) < 4.78 is 41.4. The van der Waals surface area contributed by atoms with E-state index in [9.17, 15) is 18.3 Å². The molecule has 8 heteroatoms. The van der Waals surface area contributed by atoms with Crippen molar-refractivity contribution in [1.82, 2.24) is 9.55 Å². The average Bonchev–Trinajstić information content (AvgIpc) is 3.15. The molecule has 2 unspecified atom stereocenters. The zero-order valence-electron chi connectivity index (χ0n) is 14.0. The van der Waals surface area contributed by atoms with Crippen molar-refractivity contribution in [3.63, 3.8) is 0 Å². The van der Waals surface area contributed by atoms with E-state index in [1.165, 1.54) is 6.07 Å². The highest BCUT2D eigenvalue weighted by Crippen LogP contribution is 2.35. The van der Waals surface area contributed by atoms with Crippen LogP contribution in [0.15, 0.2) is 43.0 Å². The van der Waals surface area contributed by atoms with E-state index in [2.05, 4.69) is 4.98 Å². The number of aromatic nitrogens is 2. The number of nitriles is 1. The SMILES string of the molecule is CN(c1ccc(C#N)c(C(F)(F)F)c1)C1C=C(n2ccnc2)CCC1O. The lowest BCUT2D eigenvalue weighted by atomic mass is 9.95. The Bertz CT molecular complexity index is 852. The van der Waals surface area contributed by atoms with Gasteiger partial charge < -0.3 is 14.6 Å². The molecular weight excluding hydrogens is 345 g/mol. The topological polar surface area (TPSA) is 65.1 Å². The van der Waals surface area contributed by atoms with Crippen LogP contribution >= 0.6 is 0 Å². The predicted molar refractivity (Wildman–Crippen MR) is 90.1 cm³/mol. The number of alkyl halides is 3. The van der Waals surface area contributed by atoms with E-state index >= 15 is 0 Å². The Morgan fingerprint density at radius 3 is 2.77 bits per heavy atom. The summed E-state index contributed by atoms with van der Waals surface area (Å²) >= 11 is 0. The van der Waals surface area contributed by atoms with Gasteiger partial charge in [0.05, 0.1) is 35.7 Å². The lowest BCUT2D eigenvalue weighted by Crippen LogP contribution is -2.42. The van der Waals surface area contributed by atoms with E-state index in [1.807, 2.05) is 10.6 Å². The summed E-state index contributed by atoms with van der Waals surface area (Å²) in [5.74, 6) is 0. The first-order valence-corrected chi connectivity index (χ1v) is 8.02. The van der Waals surface area contributed by atoms with Crippen molar-refractivity contribution in [1.29, 1.82) is 5.26 Å². The molecule has 3 rings (SSSR count). The number of halogens is 3. The van der Waals surface area contributed by atoms with Gasteiger partial charge in [0.1, 0.15) is 0 Å². The number of benzene rings is 1. The molecule has 2 aromatic rings. The van der Waals surface area contributed by atoms with Crippen molar-refractivity contribution in [2.45, 2.75) is 31.2 Å². The number of allylic oxidation sites excluding steroid dienone is 1. The average molecular weight is 362 g/mol. The second-order valence-electron chi connectivity index (χ2n) is 6.17. The molecule has 0 saturated heterocycles. The zero-order chi connectivity index (χ0) is 18.9. The number of nitrogens with zero attached hydrogens (tertiary/aromatic N) is 4. The highest BCUT2D eigenvalue weighted by Gasteiger charge is 2.35. The second-order valence-corrected chi connectivity index (χ2v) is 6.17. The Kier molecular flexibility index (Phi) is 4.74. The highest BCUT2D eigenvalue weighted by atomic mass is 19.4. The van der Waals surface area contributed by atoms with Crippen LogP contribution < -0.4 is 4.90 Å². The maximum absolute atomic E-state index is 13.2. The molecule has 0 radical (unpaired) electrons. The van der Waals surface area contributed by atoms with Crippen molar-refractivity contribution in [3.8, 4) is 6.07 Å². The number of anilines is 1. The van der Waals surface area contributed by atoms with Crippen molar-refractivity contribution in [3.05, 3.63) is 54.1 Å². The molecule has 0 aliphatic heterocycles. The van der Waals surface area contributed by atoms with E-state index in [0.717, 1.165) is 17.8 Å².